The van der Waals surface area contributed by atoms with Crippen LogP contribution in [0.5, 0.6) is 0 Å². The second kappa shape index (κ2) is 9.40. The van der Waals surface area contributed by atoms with Crippen molar-refractivity contribution < 1.29 is 19.5 Å². The lowest BCUT2D eigenvalue weighted by atomic mass is 10.2. The normalized spacial score (nSPS) is 11.5. The fourth-order valence-electron chi connectivity index (χ4n) is 2.45. The van der Waals surface area contributed by atoms with Crippen molar-refractivity contribution in [2.24, 2.45) is 0 Å². The van der Waals surface area contributed by atoms with Gasteiger partial charge in [-0.25, -0.2) is 4.79 Å². The number of hydrogen-bond acceptors (Lipinski definition) is 5. The molecule has 148 valence electrons. The molecular weight excluding hydrogens is 408 g/mol. The second-order valence-corrected chi connectivity index (χ2v) is 8.45. The Morgan fingerprint density at radius 2 is 1.72 bits per heavy atom. The van der Waals surface area contributed by atoms with Crippen LogP contribution in [-0.2, 0) is 4.79 Å². The van der Waals surface area contributed by atoms with Crippen molar-refractivity contribution in [3.63, 3.8) is 0 Å². The number of nitrogens with one attached hydrogen (secondary N) is 2. The minimum Gasteiger partial charge on any atom is -0.478 e. The zero-order valence-electron chi connectivity index (χ0n) is 15.4. The van der Waals surface area contributed by atoms with E-state index in [1.165, 1.54) is 35.2 Å². The summed E-state index contributed by atoms with van der Waals surface area (Å²) in [7, 11) is 0. The van der Waals surface area contributed by atoms with Gasteiger partial charge in [0.25, 0.3) is 5.91 Å². The molecule has 6 nitrogen and oxygen atoms in total. The average Bonchev–Trinajstić information content (AvgIpc) is 3.24. The lowest BCUT2D eigenvalue weighted by Gasteiger charge is -2.13. The van der Waals surface area contributed by atoms with Crippen molar-refractivity contribution in [1.29, 1.82) is 0 Å². The Balaban J connectivity index is 1.56. The van der Waals surface area contributed by atoms with Crippen molar-refractivity contribution >= 4 is 52.3 Å². The number of thioether (sulfide) groups is 1. The van der Waals surface area contributed by atoms with Crippen molar-refractivity contribution in [3.05, 3.63) is 76.5 Å². The van der Waals surface area contributed by atoms with E-state index in [-0.39, 0.29) is 17.4 Å². The summed E-state index contributed by atoms with van der Waals surface area (Å²) in [4.78, 5) is 37.0. The molecule has 1 unspecified atom stereocenters. The van der Waals surface area contributed by atoms with Crippen LogP contribution in [-0.4, -0.2) is 28.1 Å². The van der Waals surface area contributed by atoms with Gasteiger partial charge in [0, 0.05) is 16.3 Å². The van der Waals surface area contributed by atoms with Crippen LogP contribution in [0.1, 0.15) is 27.0 Å². The number of carbonyl (C=O) groups is 3. The molecule has 0 radical (unpaired) electrons. The largest absolute Gasteiger partial charge is 0.478 e. The third kappa shape index (κ3) is 5.69. The van der Waals surface area contributed by atoms with Crippen LogP contribution in [0.3, 0.4) is 0 Å². The first-order chi connectivity index (χ1) is 13.9. The Morgan fingerprint density at radius 1 is 0.966 bits per heavy atom. The fourth-order valence-corrected chi connectivity index (χ4v) is 3.94. The van der Waals surface area contributed by atoms with Gasteiger partial charge < -0.3 is 15.7 Å². The second-order valence-electron chi connectivity index (χ2n) is 6.09. The number of hydrogen-bond donors (Lipinski definition) is 3. The molecule has 1 heterocycles. The summed E-state index contributed by atoms with van der Waals surface area (Å²) in [5, 5.41) is 16.0. The maximum absolute atomic E-state index is 12.4. The van der Waals surface area contributed by atoms with Crippen LogP contribution in [0.4, 0.5) is 11.4 Å². The standard InChI is InChI=1S/C21H18N2O4S2/c1-13(19(24)23-16-5-2-4-14(12-16)21(26)27)29-17-9-7-15(8-10-17)22-20(25)18-6-3-11-28-18/h2-13H,1H3,(H,22,25)(H,23,24)(H,26,27). The van der Waals surface area contributed by atoms with E-state index in [9.17, 15) is 14.4 Å². The van der Waals surface area contributed by atoms with Gasteiger partial charge in [-0.05, 0) is 60.8 Å². The third-order valence-electron chi connectivity index (χ3n) is 3.92. The summed E-state index contributed by atoms with van der Waals surface area (Å²) >= 11 is 2.74. The highest BCUT2D eigenvalue weighted by Crippen LogP contribution is 2.26. The summed E-state index contributed by atoms with van der Waals surface area (Å²) < 4.78 is 0. The summed E-state index contributed by atoms with van der Waals surface area (Å²) in [6.07, 6.45) is 0. The minimum atomic E-state index is -1.05. The number of anilines is 2. The molecule has 1 atom stereocenters. The molecule has 3 aromatic rings. The smallest absolute Gasteiger partial charge is 0.335 e. The molecule has 0 saturated heterocycles. The topological polar surface area (TPSA) is 95.5 Å². The van der Waals surface area contributed by atoms with Gasteiger partial charge in [0.05, 0.1) is 15.7 Å². The van der Waals surface area contributed by atoms with Crippen molar-refractivity contribution in [3.8, 4) is 0 Å². The van der Waals surface area contributed by atoms with Crippen LogP contribution in [0, 0.1) is 0 Å². The van der Waals surface area contributed by atoms with E-state index in [4.69, 9.17) is 5.11 Å². The van der Waals surface area contributed by atoms with Crippen LogP contribution >= 0.6 is 23.1 Å². The molecule has 0 bridgehead atoms. The van der Waals surface area contributed by atoms with Gasteiger partial charge in [-0.15, -0.1) is 23.1 Å². The van der Waals surface area contributed by atoms with Crippen molar-refractivity contribution in [2.75, 3.05) is 10.6 Å². The highest BCUT2D eigenvalue weighted by molar-refractivity contribution is 8.00. The Morgan fingerprint density at radius 3 is 2.38 bits per heavy atom. The van der Waals surface area contributed by atoms with Gasteiger partial charge in [0.15, 0.2) is 0 Å². The fraction of sp³-hybridized carbons (Fsp3) is 0.0952. The van der Waals surface area contributed by atoms with Gasteiger partial charge in [0.1, 0.15) is 0 Å². The molecular formula is C21H18N2O4S2. The number of aromatic carboxylic acids is 1. The molecule has 8 heteroatoms. The monoisotopic (exact) mass is 426 g/mol. The number of rotatable bonds is 7. The first-order valence-electron chi connectivity index (χ1n) is 8.68. The lowest BCUT2D eigenvalue weighted by molar-refractivity contribution is -0.115. The van der Waals surface area contributed by atoms with E-state index in [1.54, 1.807) is 37.3 Å². The summed E-state index contributed by atoms with van der Waals surface area (Å²) in [5.74, 6) is -1.43. The first kappa shape index (κ1) is 20.6. The summed E-state index contributed by atoms with van der Waals surface area (Å²) in [6, 6.07) is 16.9. The number of carboxylic acid groups (broad SMARTS) is 1. The summed E-state index contributed by atoms with van der Waals surface area (Å²) in [6.45, 7) is 1.77. The number of thiophene rings is 1. The number of benzene rings is 2. The van der Waals surface area contributed by atoms with Crippen LogP contribution in [0.25, 0.3) is 0 Å². The first-order valence-corrected chi connectivity index (χ1v) is 10.4. The van der Waals surface area contributed by atoms with Crippen molar-refractivity contribution in [1.82, 2.24) is 0 Å². The highest BCUT2D eigenvalue weighted by atomic mass is 32.2. The molecule has 2 aromatic carbocycles. The van der Waals surface area contributed by atoms with Crippen molar-refractivity contribution in [2.45, 2.75) is 17.1 Å². The predicted octanol–water partition coefficient (Wildman–Crippen LogP) is 4.82. The molecule has 1 aromatic heterocycles. The molecule has 0 spiro atoms. The Hall–Kier alpha value is -3.10. The van der Waals surface area contributed by atoms with Gasteiger partial charge >= 0.3 is 5.97 Å². The molecule has 3 N–H and O–H groups in total. The van der Waals surface area contributed by atoms with Crippen LogP contribution in [0.2, 0.25) is 0 Å². The molecule has 3 rings (SSSR count). The van der Waals surface area contributed by atoms with E-state index >= 15 is 0 Å². The molecule has 2 amide bonds. The average molecular weight is 427 g/mol. The number of carbonyl (C=O) groups excluding carboxylic acids is 2. The van der Waals surface area contributed by atoms with Crippen LogP contribution < -0.4 is 10.6 Å². The zero-order chi connectivity index (χ0) is 20.8. The molecule has 0 saturated carbocycles. The van der Waals surface area contributed by atoms with E-state index < -0.39 is 11.2 Å². The zero-order valence-corrected chi connectivity index (χ0v) is 17.0. The van der Waals surface area contributed by atoms with Gasteiger partial charge in [-0.3, -0.25) is 9.59 Å². The Labute approximate surface area is 176 Å². The van der Waals surface area contributed by atoms with Gasteiger partial charge in [-0.2, -0.15) is 0 Å². The third-order valence-corrected chi connectivity index (χ3v) is 5.90. The van der Waals surface area contributed by atoms with E-state index in [0.717, 1.165) is 4.90 Å². The Kier molecular flexibility index (Phi) is 6.69. The predicted molar refractivity (Wildman–Crippen MR) is 116 cm³/mol. The molecule has 29 heavy (non-hydrogen) atoms. The number of amides is 2. The Bertz CT molecular complexity index is 1020. The highest BCUT2D eigenvalue weighted by Gasteiger charge is 2.15. The minimum absolute atomic E-state index is 0.114. The maximum atomic E-state index is 12.4. The maximum Gasteiger partial charge on any atom is 0.335 e. The van der Waals surface area contributed by atoms with E-state index in [0.29, 0.717) is 16.3 Å². The van der Waals surface area contributed by atoms with E-state index in [2.05, 4.69) is 10.6 Å². The SMILES string of the molecule is CC(Sc1ccc(NC(=O)c2cccs2)cc1)C(=O)Nc1cccc(C(=O)O)c1. The lowest BCUT2D eigenvalue weighted by Crippen LogP contribution is -2.22. The summed E-state index contributed by atoms with van der Waals surface area (Å²) in [5.41, 5.74) is 1.23. The van der Waals surface area contributed by atoms with Gasteiger partial charge in [0.2, 0.25) is 5.91 Å². The quantitative estimate of drug-likeness (QED) is 0.471. The molecule has 0 aliphatic rings. The van der Waals surface area contributed by atoms with Gasteiger partial charge in [-0.1, -0.05) is 12.1 Å². The van der Waals surface area contributed by atoms with Crippen LogP contribution in [0.15, 0.2) is 70.9 Å². The molecule has 0 fully saturated rings. The molecule has 0 aliphatic heterocycles. The number of carboxylic acids is 1. The van der Waals surface area contributed by atoms with E-state index in [1.807, 2.05) is 23.6 Å². The molecule has 0 aliphatic carbocycles.